The lowest BCUT2D eigenvalue weighted by Gasteiger charge is -2.36. The van der Waals surface area contributed by atoms with Gasteiger partial charge < -0.3 is 24.8 Å². The third-order valence-electron chi connectivity index (χ3n) is 4.87. The number of nitrogens with zero attached hydrogens (tertiary/aromatic N) is 4. The highest BCUT2D eigenvalue weighted by Gasteiger charge is 2.23. The number of nitrogens with one attached hydrogen (secondary N) is 1. The molecule has 28 heavy (non-hydrogen) atoms. The van der Waals surface area contributed by atoms with Crippen LogP contribution in [0.25, 0.3) is 0 Å². The number of aromatic nitrogens is 1. The highest BCUT2D eigenvalue weighted by atomic mass is 16.5. The smallest absolute Gasteiger partial charge is 0.272 e. The minimum atomic E-state index is -0.00867. The fourth-order valence-corrected chi connectivity index (χ4v) is 3.20. The maximum absolute atomic E-state index is 12.9. The molecule has 0 saturated carbocycles. The van der Waals surface area contributed by atoms with E-state index in [0.717, 1.165) is 43.3 Å². The number of likely N-dealkylation sites (N-methyl/N-ethyl adjacent to an activating group) is 1. The van der Waals surface area contributed by atoms with Crippen LogP contribution >= 0.6 is 0 Å². The Balaban J connectivity index is 1.55. The molecule has 0 spiro atoms. The molecule has 1 N–H and O–H groups in total. The molecule has 0 atom stereocenters. The van der Waals surface area contributed by atoms with E-state index < -0.39 is 0 Å². The van der Waals surface area contributed by atoms with Crippen LogP contribution in [0.15, 0.2) is 42.6 Å². The molecule has 1 aromatic carbocycles. The summed E-state index contributed by atoms with van der Waals surface area (Å²) in [6.45, 7) is 4.73. The van der Waals surface area contributed by atoms with E-state index >= 15 is 0 Å². The molecule has 150 valence electrons. The van der Waals surface area contributed by atoms with Gasteiger partial charge in [-0.3, -0.25) is 9.78 Å². The predicted molar refractivity (Wildman–Crippen MR) is 112 cm³/mol. The van der Waals surface area contributed by atoms with Gasteiger partial charge in [0.05, 0.1) is 7.11 Å². The van der Waals surface area contributed by atoms with Crippen LogP contribution in [0.2, 0.25) is 0 Å². The first kappa shape index (κ1) is 19.9. The van der Waals surface area contributed by atoms with E-state index in [4.69, 9.17) is 4.74 Å². The average molecular weight is 383 g/mol. The van der Waals surface area contributed by atoms with Gasteiger partial charge >= 0.3 is 0 Å². The summed E-state index contributed by atoms with van der Waals surface area (Å²) in [5.74, 6) is 0.841. The molecular weight excluding hydrogens is 354 g/mol. The molecule has 0 unspecified atom stereocenters. The number of hydrogen-bond donors (Lipinski definition) is 1. The van der Waals surface area contributed by atoms with Crippen LogP contribution in [0.5, 0.6) is 5.75 Å². The molecule has 1 aliphatic heterocycles. The second kappa shape index (κ2) is 9.41. The number of benzene rings is 1. The fourth-order valence-electron chi connectivity index (χ4n) is 3.20. The quantitative estimate of drug-likeness (QED) is 0.789. The van der Waals surface area contributed by atoms with Crippen molar-refractivity contribution in [1.82, 2.24) is 14.8 Å². The van der Waals surface area contributed by atoms with Crippen molar-refractivity contribution in [3.05, 3.63) is 48.3 Å². The molecule has 1 aromatic heterocycles. The molecule has 1 amide bonds. The van der Waals surface area contributed by atoms with Gasteiger partial charge in [-0.2, -0.15) is 0 Å². The lowest BCUT2D eigenvalue weighted by molar-refractivity contribution is 0.0741. The van der Waals surface area contributed by atoms with E-state index in [-0.39, 0.29) is 5.91 Å². The highest BCUT2D eigenvalue weighted by molar-refractivity contribution is 5.93. The zero-order valence-electron chi connectivity index (χ0n) is 16.9. The van der Waals surface area contributed by atoms with Gasteiger partial charge in [-0.1, -0.05) is 0 Å². The average Bonchev–Trinajstić information content (AvgIpc) is 2.73. The van der Waals surface area contributed by atoms with Crippen LogP contribution in [0.3, 0.4) is 0 Å². The van der Waals surface area contributed by atoms with E-state index in [2.05, 4.69) is 32.2 Å². The highest BCUT2D eigenvalue weighted by Crippen LogP contribution is 2.21. The number of anilines is 2. The van der Waals surface area contributed by atoms with Crippen molar-refractivity contribution in [3.63, 3.8) is 0 Å². The van der Waals surface area contributed by atoms with Crippen molar-refractivity contribution in [3.8, 4) is 5.75 Å². The number of ether oxygens (including phenoxy) is 1. The van der Waals surface area contributed by atoms with E-state index in [0.29, 0.717) is 18.8 Å². The molecule has 1 saturated heterocycles. The van der Waals surface area contributed by atoms with Crippen LogP contribution in [0, 0.1) is 0 Å². The summed E-state index contributed by atoms with van der Waals surface area (Å²) in [6.07, 6.45) is 1.69. The Hall–Kier alpha value is -2.80. The number of piperazine rings is 1. The summed E-state index contributed by atoms with van der Waals surface area (Å²) in [6, 6.07) is 11.8. The molecule has 7 heteroatoms. The molecular formula is C21H29N5O2. The summed E-state index contributed by atoms with van der Waals surface area (Å²) in [5.41, 5.74) is 2.57. The number of carbonyl (C=O) groups excluding carboxylic acids is 1. The van der Waals surface area contributed by atoms with Crippen LogP contribution in [-0.2, 0) is 0 Å². The van der Waals surface area contributed by atoms with Crippen molar-refractivity contribution in [2.24, 2.45) is 0 Å². The maximum atomic E-state index is 12.9. The number of hydrogen-bond acceptors (Lipinski definition) is 6. The molecule has 0 aliphatic carbocycles. The Bertz CT molecular complexity index is 771. The van der Waals surface area contributed by atoms with E-state index in [1.54, 1.807) is 13.3 Å². The van der Waals surface area contributed by atoms with Crippen LogP contribution in [0.4, 0.5) is 11.4 Å². The third-order valence-corrected chi connectivity index (χ3v) is 4.87. The first-order chi connectivity index (χ1) is 13.6. The molecule has 2 heterocycles. The largest absolute Gasteiger partial charge is 0.497 e. The second-order valence-corrected chi connectivity index (χ2v) is 7.14. The van der Waals surface area contributed by atoms with Crippen molar-refractivity contribution < 1.29 is 9.53 Å². The van der Waals surface area contributed by atoms with E-state index in [1.807, 2.05) is 43.3 Å². The van der Waals surface area contributed by atoms with Crippen LogP contribution in [-0.4, -0.2) is 81.2 Å². The molecule has 7 nitrogen and oxygen atoms in total. The van der Waals surface area contributed by atoms with Gasteiger partial charge in [-0.15, -0.1) is 0 Å². The normalized spacial score (nSPS) is 14.3. The first-order valence-electron chi connectivity index (χ1n) is 9.60. The first-order valence-corrected chi connectivity index (χ1v) is 9.60. The Morgan fingerprint density at radius 1 is 1.14 bits per heavy atom. The summed E-state index contributed by atoms with van der Waals surface area (Å²) < 4.78 is 5.21. The summed E-state index contributed by atoms with van der Waals surface area (Å²) >= 11 is 0. The van der Waals surface area contributed by atoms with E-state index in [1.165, 1.54) is 0 Å². The molecule has 0 bridgehead atoms. The molecule has 1 aliphatic rings. The second-order valence-electron chi connectivity index (χ2n) is 7.14. The van der Waals surface area contributed by atoms with E-state index in [9.17, 15) is 4.79 Å². The minimum absolute atomic E-state index is 0.00867. The van der Waals surface area contributed by atoms with Crippen molar-refractivity contribution in [2.75, 3.05) is 70.7 Å². The monoisotopic (exact) mass is 383 g/mol. The minimum Gasteiger partial charge on any atom is -0.497 e. The van der Waals surface area contributed by atoms with Gasteiger partial charge in [0, 0.05) is 56.8 Å². The molecule has 0 radical (unpaired) electrons. The van der Waals surface area contributed by atoms with Crippen LogP contribution in [0.1, 0.15) is 10.5 Å². The zero-order valence-corrected chi connectivity index (χ0v) is 16.9. The van der Waals surface area contributed by atoms with Crippen molar-refractivity contribution in [1.29, 1.82) is 0 Å². The number of carbonyl (C=O) groups is 1. The molecule has 1 fully saturated rings. The Morgan fingerprint density at radius 3 is 2.50 bits per heavy atom. The number of amides is 1. The third kappa shape index (κ3) is 5.13. The van der Waals surface area contributed by atoms with Gasteiger partial charge in [0.15, 0.2) is 0 Å². The Kier molecular flexibility index (Phi) is 6.71. The zero-order chi connectivity index (χ0) is 19.9. The summed E-state index contributed by atoms with van der Waals surface area (Å²) in [5, 5.41) is 3.34. The number of methoxy groups -OCH3 is 1. The lowest BCUT2D eigenvalue weighted by atomic mass is 10.2. The van der Waals surface area contributed by atoms with Gasteiger partial charge in [-0.05, 0) is 50.5 Å². The standard InChI is InChI=1S/C21H29N5O2/c1-24(2)11-10-22-17-8-9-23-20(16-17)21(27)26-14-12-25(13-15-26)18-4-6-19(28-3)7-5-18/h4-9,16H,10-15H2,1-3H3,(H,22,23). The van der Waals surface area contributed by atoms with Gasteiger partial charge in [-0.25, -0.2) is 0 Å². The van der Waals surface area contributed by atoms with Crippen LogP contribution < -0.4 is 15.0 Å². The molecule has 2 aromatic rings. The Labute approximate surface area is 166 Å². The van der Waals surface area contributed by atoms with Crippen molar-refractivity contribution >= 4 is 17.3 Å². The maximum Gasteiger partial charge on any atom is 0.272 e. The number of rotatable bonds is 7. The topological polar surface area (TPSA) is 60.9 Å². The van der Waals surface area contributed by atoms with Gasteiger partial charge in [0.25, 0.3) is 5.91 Å². The summed E-state index contributed by atoms with van der Waals surface area (Å²) in [7, 11) is 5.74. The Morgan fingerprint density at radius 2 is 1.86 bits per heavy atom. The molecule has 3 rings (SSSR count). The fraction of sp³-hybridized carbons (Fsp3) is 0.429. The summed E-state index contributed by atoms with van der Waals surface area (Å²) in [4.78, 5) is 23.4. The van der Waals surface area contributed by atoms with Gasteiger partial charge in [0.2, 0.25) is 0 Å². The van der Waals surface area contributed by atoms with Gasteiger partial charge in [0.1, 0.15) is 11.4 Å². The SMILES string of the molecule is COc1ccc(N2CCN(C(=O)c3cc(NCCN(C)C)ccn3)CC2)cc1. The number of pyridine rings is 1. The predicted octanol–water partition coefficient (Wildman–Crippen LogP) is 2.03. The van der Waals surface area contributed by atoms with Crippen molar-refractivity contribution in [2.45, 2.75) is 0 Å². The lowest BCUT2D eigenvalue weighted by Crippen LogP contribution is -2.49.